The van der Waals surface area contributed by atoms with Gasteiger partial charge < -0.3 is 15.7 Å². The molecule has 3 bridgehead atoms. The number of thiazole rings is 1. The second-order valence-electron chi connectivity index (χ2n) is 8.69. The molecule has 5 rings (SSSR count). The van der Waals surface area contributed by atoms with Crippen molar-refractivity contribution < 1.29 is 14.3 Å². The molecule has 0 aliphatic heterocycles. The number of halogens is 1. The Morgan fingerprint density at radius 3 is 2.86 bits per heavy atom. The summed E-state index contributed by atoms with van der Waals surface area (Å²) in [4.78, 5) is 17.2. The Balaban J connectivity index is 1.26. The van der Waals surface area contributed by atoms with Crippen LogP contribution in [-0.4, -0.2) is 27.6 Å². The molecule has 5 nitrogen and oxygen atoms in total. The molecular formula is C21H24FN3O2S. The number of rotatable bonds is 4. The van der Waals surface area contributed by atoms with Crippen molar-refractivity contribution >= 4 is 28.1 Å². The summed E-state index contributed by atoms with van der Waals surface area (Å²) >= 11 is 1.35. The third-order valence-corrected chi connectivity index (χ3v) is 7.48. The highest BCUT2D eigenvalue weighted by Gasteiger charge is 2.53. The van der Waals surface area contributed by atoms with E-state index in [1.54, 1.807) is 17.5 Å². The van der Waals surface area contributed by atoms with Gasteiger partial charge in [-0.15, -0.1) is 11.3 Å². The lowest BCUT2D eigenvalue weighted by Crippen LogP contribution is -2.42. The summed E-state index contributed by atoms with van der Waals surface area (Å²) < 4.78 is 13.0. The van der Waals surface area contributed by atoms with Gasteiger partial charge in [0.1, 0.15) is 11.5 Å². The molecular weight excluding hydrogens is 377 g/mol. The van der Waals surface area contributed by atoms with E-state index in [4.69, 9.17) is 0 Å². The molecule has 1 aromatic heterocycles. The molecule has 3 fully saturated rings. The minimum atomic E-state index is -0.505. The monoisotopic (exact) mass is 401 g/mol. The van der Waals surface area contributed by atoms with Crippen molar-refractivity contribution in [3.8, 4) is 0 Å². The lowest BCUT2D eigenvalue weighted by molar-refractivity contribution is -0.00594. The molecule has 3 saturated carbocycles. The van der Waals surface area contributed by atoms with E-state index in [0.717, 1.165) is 37.8 Å². The van der Waals surface area contributed by atoms with Crippen LogP contribution in [0.2, 0.25) is 0 Å². The van der Waals surface area contributed by atoms with Gasteiger partial charge in [-0.1, -0.05) is 0 Å². The summed E-state index contributed by atoms with van der Waals surface area (Å²) in [5, 5.41) is 19.5. The number of anilines is 2. The molecule has 148 valence electrons. The summed E-state index contributed by atoms with van der Waals surface area (Å²) in [5.41, 5.74) is 0.624. The molecule has 28 heavy (non-hydrogen) atoms. The lowest BCUT2D eigenvalue weighted by Gasteiger charge is -2.33. The predicted molar refractivity (Wildman–Crippen MR) is 106 cm³/mol. The number of hydrogen-bond donors (Lipinski definition) is 3. The number of fused-ring (bicyclic) bond motifs is 2. The fourth-order valence-corrected chi connectivity index (χ4v) is 6.35. The number of nitrogens with zero attached hydrogens (tertiary/aromatic N) is 1. The van der Waals surface area contributed by atoms with Crippen LogP contribution in [0.1, 0.15) is 49.0 Å². The molecule has 1 aromatic carbocycles. The zero-order valence-corrected chi connectivity index (χ0v) is 16.3. The largest absolute Gasteiger partial charge is 0.390 e. The summed E-state index contributed by atoms with van der Waals surface area (Å²) in [6, 6.07) is 6.15. The summed E-state index contributed by atoms with van der Waals surface area (Å²) in [6.07, 6.45) is 5.90. The maximum atomic E-state index is 13.0. The molecule has 2 aromatic rings. The first-order valence-electron chi connectivity index (χ1n) is 9.99. The average Bonchev–Trinajstić information content (AvgIpc) is 3.19. The van der Waals surface area contributed by atoms with Crippen LogP contribution in [-0.2, 0) is 0 Å². The van der Waals surface area contributed by atoms with Crippen LogP contribution in [0.15, 0.2) is 29.6 Å². The SMILES string of the molecule is O=C(N[C@H]1CCC2CC3C[C@@](O)(C2)CC31)c1csc(Nc2ccc(F)cc2)n1. The van der Waals surface area contributed by atoms with Crippen molar-refractivity contribution in [1.29, 1.82) is 0 Å². The number of nitrogens with one attached hydrogen (secondary N) is 2. The third kappa shape index (κ3) is 3.42. The van der Waals surface area contributed by atoms with Crippen LogP contribution < -0.4 is 10.6 Å². The summed E-state index contributed by atoms with van der Waals surface area (Å²) in [5.74, 6) is 1.06. The average molecular weight is 402 g/mol. The zero-order valence-electron chi connectivity index (χ0n) is 15.5. The smallest absolute Gasteiger partial charge is 0.271 e. The van der Waals surface area contributed by atoms with Crippen molar-refractivity contribution in [2.24, 2.45) is 17.8 Å². The summed E-state index contributed by atoms with van der Waals surface area (Å²) in [6.45, 7) is 0. The number of amides is 1. The van der Waals surface area contributed by atoms with Crippen molar-refractivity contribution in [2.75, 3.05) is 5.32 Å². The highest BCUT2D eigenvalue weighted by molar-refractivity contribution is 7.14. The van der Waals surface area contributed by atoms with E-state index in [-0.39, 0.29) is 17.8 Å². The quantitative estimate of drug-likeness (QED) is 0.722. The van der Waals surface area contributed by atoms with Crippen molar-refractivity contribution in [3.05, 3.63) is 41.2 Å². The number of aromatic nitrogens is 1. The number of benzene rings is 1. The van der Waals surface area contributed by atoms with Gasteiger partial charge in [-0.3, -0.25) is 4.79 Å². The van der Waals surface area contributed by atoms with Gasteiger partial charge in [0, 0.05) is 17.1 Å². The maximum Gasteiger partial charge on any atom is 0.271 e. The van der Waals surface area contributed by atoms with Gasteiger partial charge in [0.2, 0.25) is 0 Å². The van der Waals surface area contributed by atoms with Crippen LogP contribution in [0, 0.1) is 23.6 Å². The lowest BCUT2D eigenvalue weighted by atomic mass is 9.77. The third-order valence-electron chi connectivity index (χ3n) is 6.72. The molecule has 3 N–H and O–H groups in total. The van der Waals surface area contributed by atoms with Crippen molar-refractivity contribution in [1.82, 2.24) is 10.3 Å². The van der Waals surface area contributed by atoms with Crippen LogP contribution in [0.4, 0.5) is 15.2 Å². The van der Waals surface area contributed by atoms with Crippen molar-refractivity contribution in [3.63, 3.8) is 0 Å². The van der Waals surface area contributed by atoms with Crippen LogP contribution in [0.5, 0.6) is 0 Å². The van der Waals surface area contributed by atoms with Crippen LogP contribution in [0.25, 0.3) is 0 Å². The highest BCUT2D eigenvalue weighted by Crippen LogP contribution is 2.55. The van der Waals surface area contributed by atoms with Crippen LogP contribution >= 0.6 is 11.3 Å². The number of hydrogen-bond acceptors (Lipinski definition) is 5. The molecule has 0 saturated heterocycles. The van der Waals surface area contributed by atoms with E-state index in [1.807, 2.05) is 0 Å². The Kier molecular flexibility index (Phi) is 4.39. The minimum Gasteiger partial charge on any atom is -0.390 e. The van der Waals surface area contributed by atoms with E-state index >= 15 is 0 Å². The first-order valence-corrected chi connectivity index (χ1v) is 10.9. The molecule has 5 atom stereocenters. The molecule has 1 amide bonds. The van der Waals surface area contributed by atoms with E-state index in [2.05, 4.69) is 15.6 Å². The fraction of sp³-hybridized carbons (Fsp3) is 0.524. The van der Waals surface area contributed by atoms with Gasteiger partial charge in [-0.2, -0.15) is 0 Å². The first kappa shape index (κ1) is 18.1. The predicted octanol–water partition coefficient (Wildman–Crippen LogP) is 4.09. The molecule has 3 aliphatic carbocycles. The normalized spacial score (nSPS) is 33.5. The first-order chi connectivity index (χ1) is 13.5. The molecule has 3 aliphatic rings. The standard InChI is InChI=1S/C21H24FN3O2S/c22-14-2-4-15(5-3-14)23-20-25-18(11-28-20)19(26)24-17-6-1-12-7-13-9-21(27,8-12)10-16(13)17/h2-5,11-13,16-17,27H,1,6-10H2,(H,23,25)(H,24,26)/t12?,13?,16?,17-,21-/m0/s1. The Bertz CT molecular complexity index is 886. The zero-order chi connectivity index (χ0) is 19.3. The van der Waals surface area contributed by atoms with E-state index in [9.17, 15) is 14.3 Å². The van der Waals surface area contributed by atoms with Crippen molar-refractivity contribution in [2.45, 2.75) is 50.2 Å². The van der Waals surface area contributed by atoms with E-state index in [0.29, 0.717) is 28.6 Å². The van der Waals surface area contributed by atoms with Gasteiger partial charge in [0.25, 0.3) is 5.91 Å². The highest BCUT2D eigenvalue weighted by atomic mass is 32.1. The van der Waals surface area contributed by atoms with Gasteiger partial charge in [0.15, 0.2) is 5.13 Å². The molecule has 7 heteroatoms. The Labute approximate surface area is 167 Å². The summed E-state index contributed by atoms with van der Waals surface area (Å²) in [7, 11) is 0. The molecule has 1 heterocycles. The Morgan fingerprint density at radius 2 is 2.04 bits per heavy atom. The van der Waals surface area contributed by atoms with Crippen LogP contribution in [0.3, 0.4) is 0 Å². The van der Waals surface area contributed by atoms with E-state index < -0.39 is 5.60 Å². The fourth-order valence-electron chi connectivity index (χ4n) is 5.64. The number of carbonyl (C=O) groups excluding carboxylic acids is 1. The maximum absolute atomic E-state index is 13.0. The minimum absolute atomic E-state index is 0.118. The number of aliphatic hydroxyl groups is 1. The second kappa shape index (κ2) is 6.81. The molecule has 0 radical (unpaired) electrons. The molecule has 3 unspecified atom stereocenters. The van der Waals surface area contributed by atoms with Gasteiger partial charge in [0.05, 0.1) is 5.60 Å². The Morgan fingerprint density at radius 1 is 1.21 bits per heavy atom. The van der Waals surface area contributed by atoms with E-state index in [1.165, 1.54) is 29.9 Å². The number of carbonyl (C=O) groups is 1. The molecule has 0 spiro atoms. The van der Waals surface area contributed by atoms with Gasteiger partial charge >= 0.3 is 0 Å². The Hall–Kier alpha value is -1.99. The van der Waals surface area contributed by atoms with Gasteiger partial charge in [-0.05, 0) is 80.5 Å². The van der Waals surface area contributed by atoms with Gasteiger partial charge in [-0.25, -0.2) is 9.37 Å². The topological polar surface area (TPSA) is 74.2 Å². The second-order valence-corrected chi connectivity index (χ2v) is 9.55.